The van der Waals surface area contributed by atoms with Crippen LogP contribution in [0.4, 0.5) is 17.1 Å². The Balaban J connectivity index is 0.811. The van der Waals surface area contributed by atoms with Crippen LogP contribution in [0.15, 0.2) is 296 Å². The highest BCUT2D eigenvalue weighted by Gasteiger charge is 2.17. The Morgan fingerprint density at radius 2 is 0.627 bits per heavy atom. The van der Waals surface area contributed by atoms with Gasteiger partial charge in [0.25, 0.3) is 0 Å². The highest BCUT2D eigenvalue weighted by Crippen LogP contribution is 2.41. The summed E-state index contributed by atoms with van der Waals surface area (Å²) in [7, 11) is 0. The molecule has 3 heteroatoms. The van der Waals surface area contributed by atoms with E-state index in [0.29, 0.717) is 0 Å². The Hall–Kier alpha value is -9.96. The van der Waals surface area contributed by atoms with E-state index in [4.69, 9.17) is 4.42 Å². The molecule has 0 aliphatic heterocycles. The molecule has 75 heavy (non-hydrogen) atoms. The average Bonchev–Trinajstić information content (AvgIpc) is 4.06. The second-order valence-corrected chi connectivity index (χ2v) is 19.3. The van der Waals surface area contributed by atoms with Gasteiger partial charge in [-0.25, -0.2) is 0 Å². The first-order chi connectivity index (χ1) is 37.2. The summed E-state index contributed by atoms with van der Waals surface area (Å²) in [5.74, 6) is 0. The maximum Gasteiger partial charge on any atom is 0.143 e. The predicted molar refractivity (Wildman–Crippen MR) is 315 cm³/mol. The van der Waals surface area contributed by atoms with E-state index in [1.165, 1.54) is 49.6 Å². The first kappa shape index (κ1) is 43.8. The Morgan fingerprint density at radius 1 is 0.253 bits per heavy atom. The van der Waals surface area contributed by atoms with Gasteiger partial charge in [0.2, 0.25) is 0 Å². The van der Waals surface area contributed by atoms with Crippen molar-refractivity contribution in [3.63, 3.8) is 0 Å². The normalized spacial score (nSPS) is 11.5. The van der Waals surface area contributed by atoms with Gasteiger partial charge < -0.3 is 13.9 Å². The Labute approximate surface area is 436 Å². The first-order valence-corrected chi connectivity index (χ1v) is 25.6. The molecule has 0 aliphatic rings. The summed E-state index contributed by atoms with van der Waals surface area (Å²) in [6, 6.07) is 105. The van der Waals surface area contributed by atoms with Crippen LogP contribution in [0.5, 0.6) is 0 Å². The van der Waals surface area contributed by atoms with Gasteiger partial charge in [-0.3, -0.25) is 0 Å². The number of furan rings is 1. The van der Waals surface area contributed by atoms with Crippen molar-refractivity contribution >= 4 is 60.8 Å². The third-order valence-electron chi connectivity index (χ3n) is 14.8. The van der Waals surface area contributed by atoms with Gasteiger partial charge in [-0.15, -0.1) is 0 Å². The van der Waals surface area contributed by atoms with Crippen molar-refractivity contribution < 1.29 is 4.42 Å². The molecule has 0 fully saturated rings. The average molecular weight is 957 g/mol. The number of nitrogens with zero attached hydrogens (tertiary/aromatic N) is 2. The molecule has 0 aliphatic carbocycles. The SMILES string of the molecule is c1ccc(-c2cccc(-c3cccc(-c4ccc(N(c5ccc(-c6cccc(-c7cccc8c7oc7ccccc78)c6)cc5)c5ccc(-c6cccc(-n7c8ccccc8c8ccccc87)c6)cc5)cc4)c3)c2)cc1. The minimum atomic E-state index is 0.903. The molecule has 14 aromatic rings. The lowest BCUT2D eigenvalue weighted by Gasteiger charge is -2.26. The molecule has 0 N–H and O–H groups in total. The van der Waals surface area contributed by atoms with Gasteiger partial charge in [0.15, 0.2) is 0 Å². The van der Waals surface area contributed by atoms with Crippen LogP contribution in [0.1, 0.15) is 0 Å². The van der Waals surface area contributed by atoms with E-state index >= 15 is 0 Å². The van der Waals surface area contributed by atoms with Gasteiger partial charge >= 0.3 is 0 Å². The van der Waals surface area contributed by atoms with E-state index in [-0.39, 0.29) is 0 Å². The van der Waals surface area contributed by atoms with Crippen LogP contribution in [-0.2, 0) is 0 Å². The second kappa shape index (κ2) is 18.6. The molecule has 0 radical (unpaired) electrons. The molecule has 0 spiro atoms. The van der Waals surface area contributed by atoms with Gasteiger partial charge in [0, 0.05) is 49.9 Å². The minimum Gasteiger partial charge on any atom is -0.455 e. The van der Waals surface area contributed by atoms with Crippen LogP contribution in [0.25, 0.3) is 116 Å². The number of fused-ring (bicyclic) bond motifs is 6. The molecule has 2 aromatic heterocycles. The van der Waals surface area contributed by atoms with Crippen molar-refractivity contribution in [2.75, 3.05) is 4.90 Å². The largest absolute Gasteiger partial charge is 0.455 e. The fraction of sp³-hybridized carbons (Fsp3) is 0. The van der Waals surface area contributed by atoms with E-state index in [1.54, 1.807) is 0 Å². The van der Waals surface area contributed by atoms with Crippen molar-refractivity contribution in [1.82, 2.24) is 4.57 Å². The molecule has 12 aromatic carbocycles. The number of hydrogen-bond donors (Lipinski definition) is 0. The molecular formula is C72H48N2O. The maximum absolute atomic E-state index is 6.46. The topological polar surface area (TPSA) is 21.3 Å². The molecule has 0 atom stereocenters. The zero-order valence-electron chi connectivity index (χ0n) is 41.0. The molecular weight excluding hydrogens is 909 g/mol. The predicted octanol–water partition coefficient (Wildman–Crippen LogP) is 20.2. The lowest BCUT2D eigenvalue weighted by atomic mass is 9.96. The summed E-state index contributed by atoms with van der Waals surface area (Å²) in [4.78, 5) is 2.36. The minimum absolute atomic E-state index is 0.903. The van der Waals surface area contributed by atoms with Gasteiger partial charge in [0.05, 0.1) is 11.0 Å². The summed E-state index contributed by atoms with van der Waals surface area (Å²) >= 11 is 0. The monoisotopic (exact) mass is 956 g/mol. The van der Waals surface area contributed by atoms with Crippen LogP contribution in [0.3, 0.4) is 0 Å². The summed E-state index contributed by atoms with van der Waals surface area (Å²) in [6.45, 7) is 0. The van der Waals surface area contributed by atoms with E-state index in [9.17, 15) is 0 Å². The Kier molecular flexibility index (Phi) is 10.8. The molecule has 14 rings (SSSR count). The van der Waals surface area contributed by atoms with Crippen molar-refractivity contribution in [3.8, 4) is 72.4 Å². The highest BCUT2D eigenvalue weighted by atomic mass is 16.3. The molecule has 3 nitrogen and oxygen atoms in total. The van der Waals surface area contributed by atoms with Crippen LogP contribution in [-0.4, -0.2) is 4.57 Å². The zero-order valence-corrected chi connectivity index (χ0v) is 41.0. The fourth-order valence-corrected chi connectivity index (χ4v) is 11.1. The summed E-state index contributed by atoms with van der Waals surface area (Å²) < 4.78 is 8.84. The van der Waals surface area contributed by atoms with Gasteiger partial charge in [0.1, 0.15) is 11.2 Å². The van der Waals surface area contributed by atoms with E-state index < -0.39 is 0 Å². The third kappa shape index (κ3) is 8.04. The lowest BCUT2D eigenvalue weighted by molar-refractivity contribution is 0.670. The van der Waals surface area contributed by atoms with E-state index in [2.05, 4.69) is 289 Å². The molecule has 0 amide bonds. The number of rotatable bonds is 10. The van der Waals surface area contributed by atoms with Crippen molar-refractivity contribution in [2.45, 2.75) is 0 Å². The molecule has 0 saturated heterocycles. The number of para-hydroxylation sites is 4. The fourth-order valence-electron chi connectivity index (χ4n) is 11.1. The molecule has 0 unspecified atom stereocenters. The van der Waals surface area contributed by atoms with Crippen molar-refractivity contribution in [2.24, 2.45) is 0 Å². The van der Waals surface area contributed by atoms with Gasteiger partial charge in [-0.2, -0.15) is 0 Å². The quantitative estimate of drug-likeness (QED) is 0.136. The summed E-state index contributed by atoms with van der Waals surface area (Å²) in [6.07, 6.45) is 0. The lowest BCUT2D eigenvalue weighted by Crippen LogP contribution is -2.09. The van der Waals surface area contributed by atoms with Crippen LogP contribution in [0.2, 0.25) is 0 Å². The van der Waals surface area contributed by atoms with Gasteiger partial charge in [-0.05, 0) is 146 Å². The maximum atomic E-state index is 6.46. The molecule has 0 saturated carbocycles. The van der Waals surface area contributed by atoms with Gasteiger partial charge in [-0.1, -0.05) is 206 Å². The van der Waals surface area contributed by atoms with Crippen LogP contribution >= 0.6 is 0 Å². The molecule has 2 heterocycles. The Morgan fingerprint density at radius 3 is 1.17 bits per heavy atom. The van der Waals surface area contributed by atoms with Crippen molar-refractivity contribution in [1.29, 1.82) is 0 Å². The summed E-state index contributed by atoms with van der Waals surface area (Å²) in [5.41, 5.74) is 22.5. The second-order valence-electron chi connectivity index (χ2n) is 19.3. The number of benzene rings is 12. The standard InChI is InChI=1S/C72H48N2O/c1-2-15-49(16-3-1)53-17-10-20-56(45-53)57-21-11-18-54(46-57)50-33-39-60(40-34-50)73(61-41-35-51(36-42-61)55-19-12-23-59(47-55)64-28-14-29-68-67-27-6-9-32-71(67)75-72(64)68)62-43-37-52(38-44-62)58-22-13-24-63(48-58)74-69-30-7-4-25-65(69)66-26-5-8-31-70(66)74/h1-48H. The smallest absolute Gasteiger partial charge is 0.143 e. The zero-order chi connectivity index (χ0) is 49.7. The van der Waals surface area contributed by atoms with Crippen LogP contribution < -0.4 is 4.90 Å². The molecule has 352 valence electrons. The van der Waals surface area contributed by atoms with E-state index in [0.717, 1.165) is 83.6 Å². The molecule has 0 bridgehead atoms. The Bertz CT molecular complexity index is 4340. The number of aromatic nitrogens is 1. The first-order valence-electron chi connectivity index (χ1n) is 25.6. The third-order valence-corrected chi connectivity index (χ3v) is 14.8. The summed E-state index contributed by atoms with van der Waals surface area (Å²) in [5, 5.41) is 4.78. The van der Waals surface area contributed by atoms with E-state index in [1.807, 2.05) is 12.1 Å². The highest BCUT2D eigenvalue weighted by molar-refractivity contribution is 6.10. The number of anilines is 3. The number of hydrogen-bond acceptors (Lipinski definition) is 2. The van der Waals surface area contributed by atoms with Crippen molar-refractivity contribution in [3.05, 3.63) is 291 Å². The van der Waals surface area contributed by atoms with Crippen LogP contribution in [0, 0.1) is 0 Å².